The average Bonchev–Trinajstić information content (AvgIpc) is 3.08. The molecule has 1 aromatic rings. The molecule has 2 aliphatic rings. The molecular weight excluding hydrogens is 349 g/mol. The Balaban J connectivity index is 0.00000144. The van der Waals surface area contributed by atoms with E-state index in [-0.39, 0.29) is 30.7 Å². The van der Waals surface area contributed by atoms with Gasteiger partial charge in [-0.05, 0) is 31.5 Å². The van der Waals surface area contributed by atoms with Crippen molar-refractivity contribution in [1.82, 2.24) is 20.5 Å². The third-order valence-corrected chi connectivity index (χ3v) is 4.42. The molecule has 0 aromatic carbocycles. The van der Waals surface area contributed by atoms with Crippen LogP contribution >= 0.6 is 24.8 Å². The zero-order valence-corrected chi connectivity index (χ0v) is 15.5. The van der Waals surface area contributed by atoms with Crippen molar-refractivity contribution >= 4 is 36.5 Å². The summed E-state index contributed by atoms with van der Waals surface area (Å²) < 4.78 is 0. The van der Waals surface area contributed by atoms with Crippen molar-refractivity contribution < 1.29 is 4.79 Å². The summed E-state index contributed by atoms with van der Waals surface area (Å²) in [6, 6.07) is 6.45. The third-order valence-electron chi connectivity index (χ3n) is 4.42. The van der Waals surface area contributed by atoms with Gasteiger partial charge in [0.1, 0.15) is 5.82 Å². The van der Waals surface area contributed by atoms with E-state index in [2.05, 4.69) is 25.4 Å². The molecule has 1 unspecified atom stereocenters. The smallest absolute Gasteiger partial charge is 0.234 e. The largest absolute Gasteiger partial charge is 0.354 e. The van der Waals surface area contributed by atoms with Crippen LogP contribution in [0.15, 0.2) is 24.4 Å². The van der Waals surface area contributed by atoms with E-state index in [0.717, 1.165) is 45.1 Å². The minimum Gasteiger partial charge on any atom is -0.354 e. The van der Waals surface area contributed by atoms with Crippen LogP contribution in [0.2, 0.25) is 0 Å². The third kappa shape index (κ3) is 6.09. The molecule has 2 aliphatic heterocycles. The van der Waals surface area contributed by atoms with E-state index < -0.39 is 0 Å². The molecule has 2 saturated heterocycles. The molecule has 0 spiro atoms. The first-order valence-corrected chi connectivity index (χ1v) is 8.20. The second-order valence-electron chi connectivity index (χ2n) is 6.05. The van der Waals surface area contributed by atoms with Gasteiger partial charge in [0.05, 0.1) is 6.54 Å². The lowest BCUT2D eigenvalue weighted by molar-refractivity contribution is -0.122. The fraction of sp³-hybridized carbons (Fsp3) is 0.625. The van der Waals surface area contributed by atoms with E-state index in [1.165, 1.54) is 12.8 Å². The molecule has 2 fully saturated rings. The normalized spacial score (nSPS) is 20.8. The van der Waals surface area contributed by atoms with Crippen molar-refractivity contribution in [3.63, 3.8) is 0 Å². The van der Waals surface area contributed by atoms with Crippen molar-refractivity contribution in [3.05, 3.63) is 24.4 Å². The maximum Gasteiger partial charge on any atom is 0.234 e. The summed E-state index contributed by atoms with van der Waals surface area (Å²) in [7, 11) is 0. The van der Waals surface area contributed by atoms with Gasteiger partial charge in [-0.1, -0.05) is 6.07 Å². The van der Waals surface area contributed by atoms with Crippen molar-refractivity contribution in [2.24, 2.45) is 0 Å². The van der Waals surface area contributed by atoms with Gasteiger partial charge in [-0.3, -0.25) is 9.69 Å². The van der Waals surface area contributed by atoms with Gasteiger partial charge in [-0.25, -0.2) is 4.98 Å². The number of amides is 1. The molecule has 3 heterocycles. The maximum absolute atomic E-state index is 12.0. The zero-order chi connectivity index (χ0) is 15.2. The fourth-order valence-electron chi connectivity index (χ4n) is 3.10. The molecule has 24 heavy (non-hydrogen) atoms. The van der Waals surface area contributed by atoms with Gasteiger partial charge < -0.3 is 15.5 Å². The highest BCUT2D eigenvalue weighted by atomic mass is 35.5. The van der Waals surface area contributed by atoms with Gasteiger partial charge in [0, 0.05) is 45.0 Å². The maximum atomic E-state index is 12.0. The van der Waals surface area contributed by atoms with Crippen LogP contribution in [0, 0.1) is 0 Å². The van der Waals surface area contributed by atoms with Gasteiger partial charge in [0.2, 0.25) is 5.91 Å². The van der Waals surface area contributed by atoms with Gasteiger partial charge in [-0.2, -0.15) is 0 Å². The van der Waals surface area contributed by atoms with E-state index >= 15 is 0 Å². The molecule has 6 nitrogen and oxygen atoms in total. The van der Waals surface area contributed by atoms with E-state index in [1.54, 1.807) is 0 Å². The van der Waals surface area contributed by atoms with Crippen LogP contribution in [0.4, 0.5) is 5.82 Å². The summed E-state index contributed by atoms with van der Waals surface area (Å²) >= 11 is 0. The van der Waals surface area contributed by atoms with Crippen LogP contribution < -0.4 is 15.5 Å². The lowest BCUT2D eigenvalue weighted by atomic mass is 10.2. The summed E-state index contributed by atoms with van der Waals surface area (Å²) in [4.78, 5) is 20.9. The number of rotatable bonds is 5. The Labute approximate surface area is 156 Å². The molecule has 8 heteroatoms. The number of carbonyl (C=O) groups excluding carboxylic acids is 1. The fourth-order valence-corrected chi connectivity index (χ4v) is 3.10. The Hall–Kier alpha value is -1.08. The van der Waals surface area contributed by atoms with Crippen LogP contribution in [-0.2, 0) is 4.79 Å². The number of hydrogen-bond donors (Lipinski definition) is 2. The Morgan fingerprint density at radius 1 is 1.25 bits per heavy atom. The van der Waals surface area contributed by atoms with E-state index in [9.17, 15) is 4.79 Å². The number of piperazine rings is 1. The molecule has 0 saturated carbocycles. The summed E-state index contributed by atoms with van der Waals surface area (Å²) in [5.74, 6) is 1.17. The monoisotopic (exact) mass is 375 g/mol. The highest BCUT2D eigenvalue weighted by molar-refractivity contribution is 5.85. The molecule has 0 aliphatic carbocycles. The predicted octanol–water partition coefficient (Wildman–Crippen LogP) is 0.915. The Kier molecular flexibility index (Phi) is 9.36. The first-order chi connectivity index (χ1) is 10.8. The van der Waals surface area contributed by atoms with E-state index in [0.29, 0.717) is 12.6 Å². The molecule has 0 radical (unpaired) electrons. The van der Waals surface area contributed by atoms with Crippen LogP contribution in [-0.4, -0.2) is 67.6 Å². The molecule has 1 aromatic heterocycles. The van der Waals surface area contributed by atoms with Crippen molar-refractivity contribution in [1.29, 1.82) is 0 Å². The molecule has 3 rings (SSSR count). The molecule has 136 valence electrons. The number of anilines is 1. The standard InChI is InChI=1S/C16H25N5O.2ClH/c22-16(19-12-14-4-3-7-17-14)13-20-8-10-21(11-9-20)15-5-1-2-6-18-15;;/h1-2,5-6,14,17H,3-4,7-13H2,(H,19,22);2*1H. The second kappa shape index (κ2) is 10.7. The minimum atomic E-state index is 0. The Morgan fingerprint density at radius 2 is 2.04 bits per heavy atom. The van der Waals surface area contributed by atoms with Crippen LogP contribution in [0.25, 0.3) is 0 Å². The Morgan fingerprint density at radius 3 is 2.67 bits per heavy atom. The lowest BCUT2D eigenvalue weighted by Crippen LogP contribution is -2.50. The number of halogens is 2. The molecule has 1 atom stereocenters. The number of nitrogens with zero attached hydrogens (tertiary/aromatic N) is 3. The lowest BCUT2D eigenvalue weighted by Gasteiger charge is -2.35. The minimum absolute atomic E-state index is 0. The van der Waals surface area contributed by atoms with Crippen molar-refractivity contribution in [2.75, 3.05) is 50.7 Å². The summed E-state index contributed by atoms with van der Waals surface area (Å²) in [6.07, 6.45) is 4.21. The first kappa shape index (κ1) is 21.0. The number of nitrogens with one attached hydrogen (secondary N) is 2. The van der Waals surface area contributed by atoms with Crippen LogP contribution in [0.5, 0.6) is 0 Å². The van der Waals surface area contributed by atoms with Crippen LogP contribution in [0.3, 0.4) is 0 Å². The van der Waals surface area contributed by atoms with E-state index in [1.807, 2.05) is 24.4 Å². The molecule has 2 N–H and O–H groups in total. The predicted molar refractivity (Wildman–Crippen MR) is 101 cm³/mol. The first-order valence-electron chi connectivity index (χ1n) is 8.20. The zero-order valence-electron chi connectivity index (χ0n) is 13.8. The quantitative estimate of drug-likeness (QED) is 0.800. The topological polar surface area (TPSA) is 60.5 Å². The second-order valence-corrected chi connectivity index (χ2v) is 6.05. The highest BCUT2D eigenvalue weighted by Crippen LogP contribution is 2.12. The van der Waals surface area contributed by atoms with Crippen molar-refractivity contribution in [3.8, 4) is 0 Å². The molecule has 1 amide bonds. The summed E-state index contributed by atoms with van der Waals surface area (Å²) in [5, 5.41) is 6.44. The average molecular weight is 376 g/mol. The number of aromatic nitrogens is 1. The molecule has 0 bridgehead atoms. The van der Waals surface area contributed by atoms with E-state index in [4.69, 9.17) is 0 Å². The number of carbonyl (C=O) groups is 1. The van der Waals surface area contributed by atoms with Gasteiger partial charge in [0.15, 0.2) is 0 Å². The van der Waals surface area contributed by atoms with Gasteiger partial charge in [-0.15, -0.1) is 24.8 Å². The number of pyridine rings is 1. The van der Waals surface area contributed by atoms with Gasteiger partial charge >= 0.3 is 0 Å². The summed E-state index contributed by atoms with van der Waals surface area (Å²) in [5.41, 5.74) is 0. The van der Waals surface area contributed by atoms with Crippen LogP contribution in [0.1, 0.15) is 12.8 Å². The summed E-state index contributed by atoms with van der Waals surface area (Å²) in [6.45, 7) is 6.01. The van der Waals surface area contributed by atoms with Crippen molar-refractivity contribution in [2.45, 2.75) is 18.9 Å². The highest BCUT2D eigenvalue weighted by Gasteiger charge is 2.20. The SMILES string of the molecule is Cl.Cl.O=C(CN1CCN(c2ccccn2)CC1)NCC1CCCN1. The number of hydrogen-bond acceptors (Lipinski definition) is 5. The Bertz CT molecular complexity index is 477. The van der Waals surface area contributed by atoms with Gasteiger partial charge in [0.25, 0.3) is 0 Å². The molecular formula is C16H27Cl2N5O.